The van der Waals surface area contributed by atoms with E-state index in [0.717, 1.165) is 16.6 Å². The van der Waals surface area contributed by atoms with Crippen molar-refractivity contribution in [3.05, 3.63) is 182 Å². The maximum absolute atomic E-state index is 6.59. The van der Waals surface area contributed by atoms with Crippen LogP contribution < -0.4 is 0 Å². The molecule has 0 saturated carbocycles. The lowest BCUT2D eigenvalue weighted by atomic mass is 9.81. The zero-order valence-corrected chi connectivity index (χ0v) is 27.7. The molecule has 236 valence electrons. The third-order valence-electron chi connectivity index (χ3n) is 10.8. The number of benzene rings is 10. The second-order valence-corrected chi connectivity index (χ2v) is 13.5. The van der Waals surface area contributed by atoms with Crippen LogP contribution in [0.1, 0.15) is 0 Å². The number of hydrogen-bond acceptors (Lipinski definition) is 1. The third-order valence-corrected chi connectivity index (χ3v) is 10.8. The Morgan fingerprint density at radius 1 is 0.255 bits per heavy atom. The highest BCUT2D eigenvalue weighted by Gasteiger charge is 2.23. The molecule has 11 aromatic rings. The minimum absolute atomic E-state index is 0.906. The molecule has 1 heteroatoms. The summed E-state index contributed by atoms with van der Waals surface area (Å²) in [6, 6.07) is 66.3. The monoisotopic (exact) mass is 646 g/mol. The van der Waals surface area contributed by atoms with Crippen molar-refractivity contribution in [1.29, 1.82) is 0 Å². The number of furan rings is 1. The van der Waals surface area contributed by atoms with E-state index in [4.69, 9.17) is 4.42 Å². The van der Waals surface area contributed by atoms with Gasteiger partial charge in [-0.15, -0.1) is 0 Å². The zero-order chi connectivity index (χ0) is 33.5. The Morgan fingerprint density at radius 2 is 0.784 bits per heavy atom. The molecule has 10 aromatic carbocycles. The maximum Gasteiger partial charge on any atom is 0.136 e. The molecule has 0 aliphatic heterocycles. The summed E-state index contributed by atoms with van der Waals surface area (Å²) >= 11 is 0. The van der Waals surface area contributed by atoms with E-state index in [0.29, 0.717) is 0 Å². The van der Waals surface area contributed by atoms with Crippen LogP contribution in [-0.2, 0) is 0 Å². The van der Waals surface area contributed by atoms with Crippen LogP contribution in [0.4, 0.5) is 0 Å². The molecule has 0 atom stereocenters. The van der Waals surface area contributed by atoms with Gasteiger partial charge >= 0.3 is 0 Å². The van der Waals surface area contributed by atoms with Gasteiger partial charge in [0.05, 0.1) is 0 Å². The molecule has 0 saturated heterocycles. The average Bonchev–Trinajstić information content (AvgIpc) is 3.60. The molecule has 0 fully saturated rings. The molecular weight excluding hydrogens is 617 g/mol. The minimum atomic E-state index is 0.906. The fourth-order valence-electron chi connectivity index (χ4n) is 8.70. The molecule has 0 spiro atoms. The molecule has 1 heterocycles. The van der Waals surface area contributed by atoms with E-state index in [1.54, 1.807) is 0 Å². The normalized spacial score (nSPS) is 11.9. The number of rotatable bonds is 3. The standard InChI is InChI=1S/C50H30O/c1-2-13-31(14-3-1)36-28-29-37-34-17-6-4-15-32(34)25-27-42(37)47(36)48-40-21-10-8-19-38(40)46(39-20-9-11-22-41(39)48)43-23-12-24-44-50(43)49-35-18-7-5-16-33(35)26-30-45(49)51-44/h1-30H. The van der Waals surface area contributed by atoms with Crippen molar-refractivity contribution in [2.45, 2.75) is 0 Å². The second-order valence-electron chi connectivity index (χ2n) is 13.5. The Bertz CT molecular complexity index is 3130. The summed E-state index contributed by atoms with van der Waals surface area (Å²) in [7, 11) is 0. The van der Waals surface area contributed by atoms with E-state index in [2.05, 4.69) is 182 Å². The Morgan fingerprint density at radius 3 is 1.51 bits per heavy atom. The largest absolute Gasteiger partial charge is 0.456 e. The topological polar surface area (TPSA) is 13.1 Å². The van der Waals surface area contributed by atoms with Crippen LogP contribution in [0.3, 0.4) is 0 Å². The summed E-state index contributed by atoms with van der Waals surface area (Å²) in [5.41, 5.74) is 9.21. The minimum Gasteiger partial charge on any atom is -0.456 e. The van der Waals surface area contributed by atoms with Gasteiger partial charge in [0.15, 0.2) is 0 Å². The Kier molecular flexibility index (Phi) is 6.02. The molecule has 11 rings (SSSR count). The van der Waals surface area contributed by atoms with Crippen molar-refractivity contribution in [1.82, 2.24) is 0 Å². The molecule has 0 amide bonds. The maximum atomic E-state index is 6.59. The van der Waals surface area contributed by atoms with E-state index in [1.807, 2.05) is 0 Å². The van der Waals surface area contributed by atoms with Gasteiger partial charge < -0.3 is 4.42 Å². The Balaban J connectivity index is 1.33. The van der Waals surface area contributed by atoms with E-state index in [-0.39, 0.29) is 0 Å². The number of hydrogen-bond donors (Lipinski definition) is 0. The molecule has 0 unspecified atom stereocenters. The fourth-order valence-corrected chi connectivity index (χ4v) is 8.70. The summed E-state index contributed by atoms with van der Waals surface area (Å²) < 4.78 is 6.59. The first-order valence-corrected chi connectivity index (χ1v) is 17.6. The molecule has 1 nitrogen and oxygen atoms in total. The van der Waals surface area contributed by atoms with Crippen LogP contribution in [0.5, 0.6) is 0 Å². The molecular formula is C50H30O. The lowest BCUT2D eigenvalue weighted by molar-refractivity contribution is 0.669. The smallest absolute Gasteiger partial charge is 0.136 e. The second kappa shape index (κ2) is 10.9. The van der Waals surface area contributed by atoms with E-state index in [9.17, 15) is 0 Å². The SMILES string of the molecule is c1ccc(-c2ccc3c(ccc4ccccc43)c2-c2c3ccccc3c(-c3cccc4oc5ccc6ccccc6c5c34)c3ccccc23)cc1. The van der Waals surface area contributed by atoms with Gasteiger partial charge in [0.1, 0.15) is 11.2 Å². The third kappa shape index (κ3) is 4.09. The lowest BCUT2D eigenvalue weighted by Gasteiger charge is -2.22. The van der Waals surface area contributed by atoms with Gasteiger partial charge in [-0.2, -0.15) is 0 Å². The highest BCUT2D eigenvalue weighted by Crippen LogP contribution is 2.51. The summed E-state index contributed by atoms with van der Waals surface area (Å²) in [5.74, 6) is 0. The van der Waals surface area contributed by atoms with Gasteiger partial charge in [-0.1, -0.05) is 170 Å². The van der Waals surface area contributed by atoms with E-state index < -0.39 is 0 Å². The predicted molar refractivity (Wildman–Crippen MR) is 218 cm³/mol. The molecule has 0 bridgehead atoms. The van der Waals surface area contributed by atoms with Gasteiger partial charge in [-0.05, 0) is 99.4 Å². The van der Waals surface area contributed by atoms with Crippen molar-refractivity contribution in [2.75, 3.05) is 0 Å². The van der Waals surface area contributed by atoms with Crippen molar-refractivity contribution >= 4 is 75.8 Å². The van der Waals surface area contributed by atoms with Crippen LogP contribution >= 0.6 is 0 Å². The van der Waals surface area contributed by atoms with E-state index >= 15 is 0 Å². The van der Waals surface area contributed by atoms with Crippen molar-refractivity contribution in [3.63, 3.8) is 0 Å². The van der Waals surface area contributed by atoms with Crippen LogP contribution in [0.15, 0.2) is 186 Å². The highest BCUT2D eigenvalue weighted by molar-refractivity contribution is 6.30. The Labute approximate surface area is 294 Å². The first-order valence-electron chi connectivity index (χ1n) is 17.6. The van der Waals surface area contributed by atoms with E-state index in [1.165, 1.54) is 92.6 Å². The predicted octanol–water partition coefficient (Wildman–Crippen LogP) is 14.4. The molecule has 0 aliphatic rings. The first-order chi connectivity index (χ1) is 25.3. The summed E-state index contributed by atoms with van der Waals surface area (Å²) in [6.07, 6.45) is 0. The van der Waals surface area contributed by atoms with Crippen LogP contribution in [-0.4, -0.2) is 0 Å². The molecule has 51 heavy (non-hydrogen) atoms. The zero-order valence-electron chi connectivity index (χ0n) is 27.7. The average molecular weight is 647 g/mol. The highest BCUT2D eigenvalue weighted by atomic mass is 16.3. The first kappa shape index (κ1) is 28.2. The van der Waals surface area contributed by atoms with Crippen molar-refractivity contribution in [2.24, 2.45) is 0 Å². The summed E-state index contributed by atoms with van der Waals surface area (Å²) in [6.45, 7) is 0. The molecule has 1 aromatic heterocycles. The van der Waals surface area contributed by atoms with Gasteiger partial charge in [-0.25, -0.2) is 0 Å². The molecule has 0 aliphatic carbocycles. The summed E-state index contributed by atoms with van der Waals surface area (Å²) in [5, 5.41) is 14.7. The molecule has 0 radical (unpaired) electrons. The fraction of sp³-hybridized carbons (Fsp3) is 0. The van der Waals surface area contributed by atoms with Gasteiger partial charge in [0.2, 0.25) is 0 Å². The van der Waals surface area contributed by atoms with Crippen LogP contribution in [0, 0.1) is 0 Å². The van der Waals surface area contributed by atoms with Crippen LogP contribution in [0.2, 0.25) is 0 Å². The quantitative estimate of drug-likeness (QED) is 0.138. The summed E-state index contributed by atoms with van der Waals surface area (Å²) in [4.78, 5) is 0. The van der Waals surface area contributed by atoms with Crippen molar-refractivity contribution < 1.29 is 4.42 Å². The van der Waals surface area contributed by atoms with Gasteiger partial charge in [0.25, 0.3) is 0 Å². The van der Waals surface area contributed by atoms with Gasteiger partial charge in [0, 0.05) is 10.8 Å². The van der Waals surface area contributed by atoms with Crippen molar-refractivity contribution in [3.8, 4) is 33.4 Å². The van der Waals surface area contributed by atoms with Gasteiger partial charge in [-0.3, -0.25) is 0 Å². The Hall–Kier alpha value is -6.70. The molecule has 0 N–H and O–H groups in total. The lowest BCUT2D eigenvalue weighted by Crippen LogP contribution is -1.94. The number of fused-ring (bicyclic) bond motifs is 10. The van der Waals surface area contributed by atoms with Crippen LogP contribution in [0.25, 0.3) is 109 Å².